The zero-order valence-corrected chi connectivity index (χ0v) is 15.8. The van der Waals surface area contributed by atoms with Crippen molar-refractivity contribution in [3.05, 3.63) is 23.8 Å². The van der Waals surface area contributed by atoms with Gasteiger partial charge in [0.25, 0.3) is 0 Å². The molecule has 4 heteroatoms. The molecule has 140 valence electrons. The molecule has 0 saturated carbocycles. The molecule has 0 aromatic carbocycles. The molecular formula is C20H36O4. The van der Waals surface area contributed by atoms with Crippen molar-refractivity contribution in [3.63, 3.8) is 0 Å². The Bertz CT molecular complexity index is 371. The lowest BCUT2D eigenvalue weighted by Gasteiger charge is -2.03. The molecule has 0 bridgehead atoms. The zero-order valence-electron chi connectivity index (χ0n) is 15.8. The standard InChI is InChI=1S/C16H30O2.C4H6O2/c1-3-5-6-7-8-9-10-11-12-13-14-15(4-2)16(17)18;1-3(2)4(5)6/h4H,3,5-14H2,1-2H3,(H,17,18);1H2,2H3,(H,5,6). The molecule has 0 unspecified atom stereocenters. The molecular weight excluding hydrogens is 304 g/mol. The predicted octanol–water partition coefficient (Wildman–Crippen LogP) is 5.98. The van der Waals surface area contributed by atoms with Crippen molar-refractivity contribution in [1.29, 1.82) is 0 Å². The Balaban J connectivity index is 0. The monoisotopic (exact) mass is 340 g/mol. The van der Waals surface area contributed by atoms with Gasteiger partial charge in [-0.3, -0.25) is 0 Å². The number of carboxylic acid groups (broad SMARTS) is 2. The number of hydrogen-bond acceptors (Lipinski definition) is 2. The molecule has 24 heavy (non-hydrogen) atoms. The maximum absolute atomic E-state index is 10.8. The third kappa shape index (κ3) is 18.5. The molecule has 0 aromatic rings. The van der Waals surface area contributed by atoms with Crippen molar-refractivity contribution < 1.29 is 19.8 Å². The van der Waals surface area contributed by atoms with Crippen LogP contribution in [0.2, 0.25) is 0 Å². The number of aliphatic carboxylic acids is 2. The first kappa shape index (κ1) is 24.7. The van der Waals surface area contributed by atoms with Crippen molar-refractivity contribution in [2.24, 2.45) is 0 Å². The summed E-state index contributed by atoms with van der Waals surface area (Å²) in [5, 5.41) is 16.7. The van der Waals surface area contributed by atoms with E-state index >= 15 is 0 Å². The summed E-state index contributed by atoms with van der Waals surface area (Å²) < 4.78 is 0. The van der Waals surface area contributed by atoms with Gasteiger partial charge in [0.05, 0.1) is 0 Å². The van der Waals surface area contributed by atoms with Crippen LogP contribution in [0.4, 0.5) is 0 Å². The Hall–Kier alpha value is -1.58. The van der Waals surface area contributed by atoms with Crippen LogP contribution >= 0.6 is 0 Å². The van der Waals surface area contributed by atoms with E-state index in [2.05, 4.69) is 13.5 Å². The van der Waals surface area contributed by atoms with Gasteiger partial charge in [-0.2, -0.15) is 0 Å². The minimum absolute atomic E-state index is 0.176. The largest absolute Gasteiger partial charge is 0.478 e. The second-order valence-electron chi connectivity index (χ2n) is 6.14. The van der Waals surface area contributed by atoms with E-state index in [4.69, 9.17) is 10.2 Å². The number of hydrogen-bond donors (Lipinski definition) is 2. The molecule has 0 rings (SSSR count). The van der Waals surface area contributed by atoms with Crippen LogP contribution < -0.4 is 0 Å². The van der Waals surface area contributed by atoms with E-state index in [-0.39, 0.29) is 5.57 Å². The lowest BCUT2D eigenvalue weighted by Crippen LogP contribution is -1.99. The fourth-order valence-electron chi connectivity index (χ4n) is 2.18. The average molecular weight is 341 g/mol. The molecule has 0 amide bonds. The van der Waals surface area contributed by atoms with E-state index in [1.807, 2.05) is 0 Å². The Labute approximate surface area is 147 Å². The van der Waals surface area contributed by atoms with Gasteiger partial charge < -0.3 is 10.2 Å². The average Bonchev–Trinajstić information content (AvgIpc) is 2.53. The Morgan fingerprint density at radius 2 is 1.21 bits per heavy atom. The summed E-state index contributed by atoms with van der Waals surface area (Å²) in [5.41, 5.74) is 0.740. The first-order valence-electron chi connectivity index (χ1n) is 9.14. The highest BCUT2D eigenvalue weighted by Gasteiger charge is 2.04. The van der Waals surface area contributed by atoms with Gasteiger partial charge in [-0.1, -0.05) is 77.4 Å². The predicted molar refractivity (Wildman–Crippen MR) is 100 cm³/mol. The van der Waals surface area contributed by atoms with E-state index in [1.165, 1.54) is 64.7 Å². The van der Waals surface area contributed by atoms with Crippen molar-refractivity contribution in [2.45, 2.75) is 91.4 Å². The van der Waals surface area contributed by atoms with Gasteiger partial charge >= 0.3 is 11.9 Å². The molecule has 0 atom stereocenters. The van der Waals surface area contributed by atoms with Crippen LogP contribution in [0.25, 0.3) is 0 Å². The topological polar surface area (TPSA) is 74.6 Å². The van der Waals surface area contributed by atoms with Crippen LogP contribution in [0.15, 0.2) is 23.8 Å². The number of carboxylic acids is 2. The fraction of sp³-hybridized carbons (Fsp3) is 0.700. The highest BCUT2D eigenvalue weighted by atomic mass is 16.4. The molecule has 4 nitrogen and oxygen atoms in total. The van der Waals surface area contributed by atoms with E-state index in [1.54, 1.807) is 13.0 Å². The summed E-state index contributed by atoms with van der Waals surface area (Å²) in [6, 6.07) is 0. The van der Waals surface area contributed by atoms with Crippen molar-refractivity contribution >= 4 is 11.9 Å². The molecule has 2 N–H and O–H groups in total. The van der Waals surface area contributed by atoms with Crippen molar-refractivity contribution in [2.75, 3.05) is 0 Å². The summed E-state index contributed by atoms with van der Waals surface area (Å²) in [6.45, 7) is 8.65. The minimum atomic E-state index is -0.935. The summed E-state index contributed by atoms with van der Waals surface area (Å²) in [6.07, 6.45) is 15.4. The third-order valence-electron chi connectivity index (χ3n) is 3.79. The number of allylic oxidation sites excluding steroid dienone is 1. The van der Waals surface area contributed by atoms with Gasteiger partial charge in [-0.15, -0.1) is 0 Å². The fourth-order valence-corrected chi connectivity index (χ4v) is 2.18. The second-order valence-corrected chi connectivity index (χ2v) is 6.14. The number of rotatable bonds is 13. The van der Waals surface area contributed by atoms with Gasteiger partial charge in [0.1, 0.15) is 0 Å². The minimum Gasteiger partial charge on any atom is -0.478 e. The molecule has 0 saturated heterocycles. The lowest BCUT2D eigenvalue weighted by molar-refractivity contribution is -0.133. The smallest absolute Gasteiger partial charge is 0.331 e. The highest BCUT2D eigenvalue weighted by molar-refractivity contribution is 5.86. The van der Waals surface area contributed by atoms with Crippen LogP contribution in [0.1, 0.15) is 91.4 Å². The maximum atomic E-state index is 10.8. The Morgan fingerprint density at radius 1 is 0.833 bits per heavy atom. The van der Waals surface area contributed by atoms with Crippen molar-refractivity contribution in [1.82, 2.24) is 0 Å². The van der Waals surface area contributed by atoms with Gasteiger partial charge in [0.15, 0.2) is 0 Å². The summed E-state index contributed by atoms with van der Waals surface area (Å²) in [7, 11) is 0. The van der Waals surface area contributed by atoms with Crippen LogP contribution in [0.3, 0.4) is 0 Å². The molecule has 0 aliphatic rings. The van der Waals surface area contributed by atoms with Crippen molar-refractivity contribution in [3.8, 4) is 0 Å². The van der Waals surface area contributed by atoms with E-state index in [0.29, 0.717) is 5.57 Å². The van der Waals surface area contributed by atoms with E-state index < -0.39 is 11.9 Å². The summed E-state index contributed by atoms with van der Waals surface area (Å²) in [4.78, 5) is 20.4. The second kappa shape index (κ2) is 17.8. The molecule has 0 heterocycles. The van der Waals surface area contributed by atoms with Gasteiger partial charge in [0, 0.05) is 11.1 Å². The first-order chi connectivity index (χ1) is 11.4. The number of carbonyl (C=O) groups is 2. The molecule has 0 aromatic heterocycles. The molecule has 0 radical (unpaired) electrons. The first-order valence-corrected chi connectivity index (χ1v) is 9.14. The third-order valence-corrected chi connectivity index (χ3v) is 3.79. The molecule has 0 aliphatic carbocycles. The normalized spacial score (nSPS) is 10.7. The maximum Gasteiger partial charge on any atom is 0.331 e. The zero-order chi connectivity index (χ0) is 18.8. The van der Waals surface area contributed by atoms with Crippen LogP contribution in [0.5, 0.6) is 0 Å². The van der Waals surface area contributed by atoms with E-state index in [0.717, 1.165) is 12.8 Å². The molecule has 0 aliphatic heterocycles. The van der Waals surface area contributed by atoms with Crippen LogP contribution in [-0.4, -0.2) is 22.2 Å². The van der Waals surface area contributed by atoms with Crippen LogP contribution in [0, 0.1) is 0 Å². The Morgan fingerprint density at radius 3 is 1.50 bits per heavy atom. The van der Waals surface area contributed by atoms with Gasteiger partial charge in [-0.05, 0) is 26.7 Å². The number of unbranched alkanes of at least 4 members (excludes halogenated alkanes) is 9. The summed E-state index contributed by atoms with van der Waals surface area (Å²) >= 11 is 0. The SMILES string of the molecule is C=C(C)C(=O)O.CC=C(CCCCCCCCCCCC)C(=O)O. The molecule has 0 spiro atoms. The summed E-state index contributed by atoms with van der Waals surface area (Å²) in [5.74, 6) is -1.69. The van der Waals surface area contributed by atoms with Crippen LogP contribution in [-0.2, 0) is 9.59 Å². The Kier molecular flexibility index (Phi) is 18.3. The van der Waals surface area contributed by atoms with Gasteiger partial charge in [0.2, 0.25) is 0 Å². The highest BCUT2D eigenvalue weighted by Crippen LogP contribution is 2.13. The lowest BCUT2D eigenvalue weighted by atomic mass is 10.0. The quantitative estimate of drug-likeness (QED) is 0.320. The molecule has 0 fully saturated rings. The van der Waals surface area contributed by atoms with Gasteiger partial charge in [-0.25, -0.2) is 9.59 Å². The van der Waals surface area contributed by atoms with E-state index in [9.17, 15) is 9.59 Å².